The molecule has 0 unspecified atom stereocenters. The fourth-order valence-electron chi connectivity index (χ4n) is 1.52. The lowest BCUT2D eigenvalue weighted by Crippen LogP contribution is -2.34. The molecule has 58 valence electrons. The van der Waals surface area contributed by atoms with Crippen molar-refractivity contribution in [2.45, 2.75) is 32.6 Å². The molecule has 0 aromatic carbocycles. The summed E-state index contributed by atoms with van der Waals surface area (Å²) in [6.07, 6.45) is 4.01. The summed E-state index contributed by atoms with van der Waals surface area (Å²) in [5.41, 5.74) is 1.41. The number of carbonyl (C=O) groups excluding carboxylic acids is 1. The average Bonchev–Trinajstić information content (AvgIpc) is 2.36. The minimum absolute atomic E-state index is 0.231. The number of nitrogens with one attached hydrogen (secondary N) is 1. The van der Waals surface area contributed by atoms with Crippen LogP contribution in [0.25, 0.3) is 0 Å². The summed E-state index contributed by atoms with van der Waals surface area (Å²) in [6, 6.07) is 0. The van der Waals surface area contributed by atoms with Gasteiger partial charge in [-0.25, -0.2) is 5.48 Å². The van der Waals surface area contributed by atoms with E-state index in [-0.39, 0.29) is 11.3 Å². The third kappa shape index (κ3) is 1.14. The van der Waals surface area contributed by atoms with E-state index in [1.54, 1.807) is 5.48 Å². The van der Waals surface area contributed by atoms with Gasteiger partial charge < -0.3 is 0 Å². The molecule has 0 aromatic heterocycles. The Morgan fingerprint density at radius 2 is 2.00 bits per heavy atom. The molecule has 3 nitrogen and oxygen atoms in total. The Bertz CT molecular complexity index is 139. The lowest BCUT2D eigenvalue weighted by atomic mass is 9.88. The number of hydrogen-bond donors (Lipinski definition) is 2. The smallest absolute Gasteiger partial charge is 0.249 e. The van der Waals surface area contributed by atoms with E-state index in [2.05, 4.69) is 0 Å². The Hall–Kier alpha value is -0.570. The van der Waals surface area contributed by atoms with Crippen molar-refractivity contribution < 1.29 is 10.0 Å². The highest BCUT2D eigenvalue weighted by Crippen LogP contribution is 2.37. The van der Waals surface area contributed by atoms with Crippen LogP contribution in [0.5, 0.6) is 0 Å². The van der Waals surface area contributed by atoms with E-state index < -0.39 is 0 Å². The SMILES string of the molecule is CC1(C(=O)NO)CCCC1. The maximum Gasteiger partial charge on any atom is 0.249 e. The predicted molar refractivity (Wildman–Crippen MR) is 36.5 cm³/mol. The third-order valence-corrected chi connectivity index (χ3v) is 2.36. The largest absolute Gasteiger partial charge is 0.289 e. The van der Waals surface area contributed by atoms with Gasteiger partial charge in [-0.05, 0) is 12.8 Å². The van der Waals surface area contributed by atoms with E-state index in [9.17, 15) is 4.79 Å². The van der Waals surface area contributed by atoms with Crippen molar-refractivity contribution in [3.63, 3.8) is 0 Å². The number of hydrogen-bond acceptors (Lipinski definition) is 2. The van der Waals surface area contributed by atoms with Crippen LogP contribution < -0.4 is 5.48 Å². The van der Waals surface area contributed by atoms with Crippen molar-refractivity contribution in [2.75, 3.05) is 0 Å². The maximum absolute atomic E-state index is 11.0. The predicted octanol–water partition coefficient (Wildman–Crippen LogP) is 1.07. The second kappa shape index (κ2) is 2.58. The molecule has 0 bridgehead atoms. The average molecular weight is 143 g/mol. The molecule has 1 rings (SSSR count). The Morgan fingerprint density at radius 1 is 1.50 bits per heavy atom. The molecular weight excluding hydrogens is 130 g/mol. The van der Waals surface area contributed by atoms with Gasteiger partial charge in [0.1, 0.15) is 0 Å². The van der Waals surface area contributed by atoms with Crippen LogP contribution in [0.15, 0.2) is 0 Å². The van der Waals surface area contributed by atoms with E-state index in [0.29, 0.717) is 0 Å². The second-order valence-electron chi connectivity index (χ2n) is 3.21. The first-order valence-electron chi connectivity index (χ1n) is 3.63. The van der Waals surface area contributed by atoms with Crippen LogP contribution in [0, 0.1) is 5.41 Å². The molecule has 0 saturated heterocycles. The maximum atomic E-state index is 11.0. The Labute approximate surface area is 60.4 Å². The molecular formula is C7H13NO2. The van der Waals surface area contributed by atoms with Crippen LogP contribution >= 0.6 is 0 Å². The van der Waals surface area contributed by atoms with Crippen molar-refractivity contribution in [2.24, 2.45) is 5.41 Å². The van der Waals surface area contributed by atoms with Crippen molar-refractivity contribution in [1.82, 2.24) is 5.48 Å². The second-order valence-corrected chi connectivity index (χ2v) is 3.21. The molecule has 1 fully saturated rings. The lowest BCUT2D eigenvalue weighted by Gasteiger charge is -2.19. The summed E-state index contributed by atoms with van der Waals surface area (Å²) in [5.74, 6) is -0.231. The number of hydroxylamine groups is 1. The van der Waals surface area contributed by atoms with Gasteiger partial charge in [0, 0.05) is 5.41 Å². The highest BCUT2D eigenvalue weighted by Gasteiger charge is 2.35. The zero-order valence-electron chi connectivity index (χ0n) is 6.18. The number of carbonyl (C=O) groups is 1. The summed E-state index contributed by atoms with van der Waals surface area (Å²) in [5, 5.41) is 8.36. The molecule has 1 aliphatic rings. The molecule has 2 N–H and O–H groups in total. The van der Waals surface area contributed by atoms with E-state index in [1.807, 2.05) is 6.92 Å². The molecule has 0 atom stereocenters. The van der Waals surface area contributed by atoms with Gasteiger partial charge in [-0.3, -0.25) is 10.0 Å². The van der Waals surface area contributed by atoms with E-state index in [1.165, 1.54) is 0 Å². The molecule has 0 aliphatic heterocycles. The minimum Gasteiger partial charge on any atom is -0.289 e. The van der Waals surface area contributed by atoms with Crippen LogP contribution in [0.3, 0.4) is 0 Å². The fraction of sp³-hybridized carbons (Fsp3) is 0.857. The topological polar surface area (TPSA) is 49.3 Å². The van der Waals surface area contributed by atoms with Gasteiger partial charge in [0.15, 0.2) is 0 Å². The van der Waals surface area contributed by atoms with Crippen LogP contribution in [-0.4, -0.2) is 11.1 Å². The van der Waals surface area contributed by atoms with Crippen molar-refractivity contribution in [3.05, 3.63) is 0 Å². The molecule has 1 aliphatic carbocycles. The summed E-state index contributed by atoms with van der Waals surface area (Å²) in [6.45, 7) is 1.89. The van der Waals surface area contributed by atoms with E-state index >= 15 is 0 Å². The van der Waals surface area contributed by atoms with Crippen LogP contribution in [-0.2, 0) is 4.79 Å². The molecule has 10 heavy (non-hydrogen) atoms. The fourth-order valence-corrected chi connectivity index (χ4v) is 1.52. The zero-order chi connectivity index (χ0) is 7.61. The first kappa shape index (κ1) is 7.54. The van der Waals surface area contributed by atoms with Gasteiger partial charge in [0.2, 0.25) is 5.91 Å². The number of rotatable bonds is 1. The highest BCUT2D eigenvalue weighted by molar-refractivity contribution is 5.81. The quantitative estimate of drug-likeness (QED) is 0.426. The van der Waals surface area contributed by atoms with Crippen LogP contribution in [0.4, 0.5) is 0 Å². The van der Waals surface area contributed by atoms with Gasteiger partial charge in [-0.2, -0.15) is 0 Å². The van der Waals surface area contributed by atoms with Gasteiger partial charge in [-0.1, -0.05) is 19.8 Å². The summed E-state index contributed by atoms with van der Waals surface area (Å²) in [4.78, 5) is 11.0. The molecule has 1 saturated carbocycles. The third-order valence-electron chi connectivity index (χ3n) is 2.36. The molecule has 0 radical (unpaired) electrons. The minimum atomic E-state index is -0.297. The van der Waals surface area contributed by atoms with E-state index in [0.717, 1.165) is 25.7 Å². The first-order valence-corrected chi connectivity index (χ1v) is 3.63. The molecule has 0 heterocycles. The first-order chi connectivity index (χ1) is 4.69. The molecule has 0 spiro atoms. The molecule has 3 heteroatoms. The van der Waals surface area contributed by atoms with Crippen molar-refractivity contribution in [3.8, 4) is 0 Å². The Balaban J connectivity index is 2.58. The lowest BCUT2D eigenvalue weighted by molar-refractivity contribution is -0.138. The number of amides is 1. The summed E-state index contributed by atoms with van der Waals surface area (Å²) < 4.78 is 0. The normalized spacial score (nSPS) is 22.6. The van der Waals surface area contributed by atoms with E-state index in [4.69, 9.17) is 5.21 Å². The van der Waals surface area contributed by atoms with Crippen LogP contribution in [0.1, 0.15) is 32.6 Å². The standard InChI is InChI=1S/C7H13NO2/c1-7(6(9)8-10)4-2-3-5-7/h10H,2-5H2,1H3,(H,8,9). The molecule has 0 aromatic rings. The van der Waals surface area contributed by atoms with Gasteiger partial charge in [-0.15, -0.1) is 0 Å². The van der Waals surface area contributed by atoms with Crippen molar-refractivity contribution >= 4 is 5.91 Å². The Kier molecular flexibility index (Phi) is 1.94. The summed E-state index contributed by atoms with van der Waals surface area (Å²) in [7, 11) is 0. The van der Waals surface area contributed by atoms with Gasteiger partial charge >= 0.3 is 0 Å². The van der Waals surface area contributed by atoms with Gasteiger partial charge in [0.05, 0.1) is 0 Å². The van der Waals surface area contributed by atoms with Gasteiger partial charge in [0.25, 0.3) is 0 Å². The Morgan fingerprint density at radius 3 is 2.40 bits per heavy atom. The summed E-state index contributed by atoms with van der Waals surface area (Å²) >= 11 is 0. The highest BCUT2D eigenvalue weighted by atomic mass is 16.5. The molecule has 1 amide bonds. The monoisotopic (exact) mass is 143 g/mol. The van der Waals surface area contributed by atoms with Crippen LogP contribution in [0.2, 0.25) is 0 Å². The zero-order valence-corrected chi connectivity index (χ0v) is 6.18. The van der Waals surface area contributed by atoms with Crippen molar-refractivity contribution in [1.29, 1.82) is 0 Å².